The Morgan fingerprint density at radius 1 is 1.17 bits per heavy atom. The molecule has 9 heteroatoms. The molecule has 0 atom stereocenters. The zero-order chi connectivity index (χ0) is 20.7. The lowest BCUT2D eigenvalue weighted by molar-refractivity contribution is -0.0858. The number of halogens is 2. The van der Waals surface area contributed by atoms with E-state index in [0.717, 1.165) is 13.1 Å². The van der Waals surface area contributed by atoms with Gasteiger partial charge in [0.2, 0.25) is 0 Å². The van der Waals surface area contributed by atoms with Crippen molar-refractivity contribution in [3.05, 3.63) is 51.8 Å². The van der Waals surface area contributed by atoms with Crippen LogP contribution in [0.1, 0.15) is 21.5 Å². The van der Waals surface area contributed by atoms with Gasteiger partial charge in [-0.25, -0.2) is 4.39 Å². The Morgan fingerprint density at radius 3 is 2.59 bits per heavy atom. The minimum atomic E-state index is -0.531. The predicted octanol–water partition coefficient (Wildman–Crippen LogP) is 2.59. The lowest BCUT2D eigenvalue weighted by atomic mass is 10.1. The summed E-state index contributed by atoms with van der Waals surface area (Å²) in [5.74, 6) is -1.50. The zero-order valence-electron chi connectivity index (χ0n) is 15.9. The Hall–Kier alpha value is -2.55. The minimum Gasteiger partial charge on any atom is -0.504 e. The third kappa shape index (κ3) is 3.83. The molecule has 0 spiro atoms. The Kier molecular flexibility index (Phi) is 5.24. The molecule has 154 valence electrons. The number of carbonyl (C=O) groups is 1. The van der Waals surface area contributed by atoms with Gasteiger partial charge in [-0.3, -0.25) is 4.79 Å². The molecule has 7 nitrogen and oxygen atoms in total. The molecule has 0 radical (unpaired) electrons. The maximum atomic E-state index is 13.4. The van der Waals surface area contributed by atoms with E-state index in [1.165, 1.54) is 23.1 Å². The van der Waals surface area contributed by atoms with E-state index in [9.17, 15) is 19.4 Å². The number of hydrogen-bond acceptors (Lipinski definition) is 6. The van der Waals surface area contributed by atoms with E-state index in [1.54, 1.807) is 11.1 Å². The van der Waals surface area contributed by atoms with Gasteiger partial charge in [0, 0.05) is 44.4 Å². The number of benzene rings is 2. The van der Waals surface area contributed by atoms with Crippen LogP contribution in [0.3, 0.4) is 0 Å². The third-order valence-electron chi connectivity index (χ3n) is 5.24. The fourth-order valence-corrected chi connectivity index (χ4v) is 3.77. The second-order valence-electron chi connectivity index (χ2n) is 7.33. The van der Waals surface area contributed by atoms with Gasteiger partial charge in [-0.2, -0.15) is 0 Å². The van der Waals surface area contributed by atoms with Crippen molar-refractivity contribution in [3.8, 4) is 17.2 Å². The molecule has 2 aromatic rings. The Balaban J connectivity index is 1.59. The van der Waals surface area contributed by atoms with Crippen LogP contribution in [0, 0.1) is 5.82 Å². The van der Waals surface area contributed by atoms with Crippen LogP contribution in [0.15, 0.2) is 24.3 Å². The van der Waals surface area contributed by atoms with E-state index in [1.807, 2.05) is 7.05 Å². The molecular weight excluding hydrogens is 401 g/mol. The number of carbonyl (C=O) groups excluding carboxylic acids is 1. The summed E-state index contributed by atoms with van der Waals surface area (Å²) in [6.45, 7) is 3.41. The van der Waals surface area contributed by atoms with E-state index in [4.69, 9.17) is 16.4 Å². The van der Waals surface area contributed by atoms with Crippen molar-refractivity contribution in [2.75, 3.05) is 33.2 Å². The summed E-state index contributed by atoms with van der Waals surface area (Å²) in [6.07, 6.45) is 0. The van der Waals surface area contributed by atoms with E-state index in [0.29, 0.717) is 30.0 Å². The van der Waals surface area contributed by atoms with E-state index >= 15 is 0 Å². The number of nitrogens with zero attached hydrogens (tertiary/aromatic N) is 3. The first kappa shape index (κ1) is 19.8. The van der Waals surface area contributed by atoms with Crippen LogP contribution in [0.2, 0.25) is 5.02 Å². The number of phenolic OH excluding ortho intramolecular Hbond substituents is 2. The highest BCUT2D eigenvalue weighted by Crippen LogP contribution is 2.43. The molecule has 2 aliphatic heterocycles. The van der Waals surface area contributed by atoms with Crippen LogP contribution in [0.5, 0.6) is 17.2 Å². The predicted molar refractivity (Wildman–Crippen MR) is 104 cm³/mol. The van der Waals surface area contributed by atoms with Gasteiger partial charge < -0.3 is 24.9 Å². The minimum absolute atomic E-state index is 0.0220. The van der Waals surface area contributed by atoms with Crippen molar-refractivity contribution in [3.63, 3.8) is 0 Å². The molecule has 4 rings (SSSR count). The SMILES string of the molecule is CN1CCN(Oc2cc(O)c(O)c3c2CN(Cc2ccc(F)c(Cl)c2)C3=O)CC1. The first-order valence-corrected chi connectivity index (χ1v) is 9.63. The first-order chi connectivity index (χ1) is 13.8. The first-order valence-electron chi connectivity index (χ1n) is 9.26. The zero-order valence-corrected chi connectivity index (χ0v) is 16.6. The quantitative estimate of drug-likeness (QED) is 0.739. The molecule has 1 amide bonds. The molecule has 0 aromatic heterocycles. The van der Waals surface area contributed by atoms with Gasteiger partial charge in [-0.05, 0) is 24.7 Å². The molecule has 29 heavy (non-hydrogen) atoms. The monoisotopic (exact) mass is 421 g/mol. The van der Waals surface area contributed by atoms with E-state index < -0.39 is 23.2 Å². The number of amides is 1. The van der Waals surface area contributed by atoms with E-state index in [-0.39, 0.29) is 23.7 Å². The standard InChI is InChI=1S/C20H21ClFN3O4/c1-23-4-6-25(7-5-23)29-17-9-16(26)19(27)18-13(17)11-24(20(18)28)10-12-2-3-15(22)14(21)8-12/h2-3,8-9,26-27H,4-7,10-11H2,1H3. The van der Waals surface area contributed by atoms with Crippen molar-refractivity contribution < 1.29 is 24.2 Å². The average Bonchev–Trinajstić information content (AvgIpc) is 3.01. The molecule has 2 aliphatic rings. The highest BCUT2D eigenvalue weighted by Gasteiger charge is 2.35. The maximum Gasteiger partial charge on any atom is 0.258 e. The Bertz CT molecular complexity index is 963. The summed E-state index contributed by atoms with van der Waals surface area (Å²) in [5, 5.41) is 22.1. The number of rotatable bonds is 4. The molecule has 0 saturated carbocycles. The lowest BCUT2D eigenvalue weighted by Gasteiger charge is -2.32. The number of likely N-dealkylation sites (N-methyl/N-ethyl adjacent to an activating group) is 1. The number of hydrogen-bond donors (Lipinski definition) is 2. The topological polar surface area (TPSA) is 76.5 Å². The molecule has 0 aliphatic carbocycles. The maximum absolute atomic E-state index is 13.4. The van der Waals surface area contributed by atoms with Crippen LogP contribution in [0.25, 0.3) is 0 Å². The van der Waals surface area contributed by atoms with Crippen molar-refractivity contribution in [1.82, 2.24) is 14.9 Å². The van der Waals surface area contributed by atoms with Crippen LogP contribution in [-0.4, -0.2) is 64.2 Å². The van der Waals surface area contributed by atoms with Crippen molar-refractivity contribution >= 4 is 17.5 Å². The average molecular weight is 422 g/mol. The van der Waals surface area contributed by atoms with Crippen LogP contribution in [-0.2, 0) is 13.1 Å². The molecule has 0 unspecified atom stereocenters. The van der Waals surface area contributed by atoms with Crippen molar-refractivity contribution in [2.24, 2.45) is 0 Å². The lowest BCUT2D eigenvalue weighted by Crippen LogP contribution is -2.46. The summed E-state index contributed by atoms with van der Waals surface area (Å²) >= 11 is 5.83. The number of aromatic hydroxyl groups is 2. The van der Waals surface area contributed by atoms with Crippen molar-refractivity contribution in [1.29, 1.82) is 0 Å². The van der Waals surface area contributed by atoms with Gasteiger partial charge in [0.05, 0.1) is 17.1 Å². The Labute approximate surface area is 172 Å². The fraction of sp³-hybridized carbons (Fsp3) is 0.350. The summed E-state index contributed by atoms with van der Waals surface area (Å²) < 4.78 is 13.4. The molecule has 0 bridgehead atoms. The molecule has 2 heterocycles. The van der Waals surface area contributed by atoms with Gasteiger partial charge in [-0.15, -0.1) is 5.06 Å². The molecular formula is C20H21ClFN3O4. The van der Waals surface area contributed by atoms with E-state index in [2.05, 4.69) is 4.90 Å². The normalized spacial score (nSPS) is 17.6. The molecule has 2 aromatic carbocycles. The summed E-state index contributed by atoms with van der Waals surface area (Å²) in [7, 11) is 2.03. The summed E-state index contributed by atoms with van der Waals surface area (Å²) in [6, 6.07) is 5.59. The van der Waals surface area contributed by atoms with Crippen LogP contribution < -0.4 is 4.84 Å². The third-order valence-corrected chi connectivity index (χ3v) is 5.53. The highest BCUT2D eigenvalue weighted by molar-refractivity contribution is 6.30. The van der Waals surface area contributed by atoms with Gasteiger partial charge in [0.1, 0.15) is 5.82 Å². The van der Waals surface area contributed by atoms with Gasteiger partial charge in [-0.1, -0.05) is 17.7 Å². The number of hydroxylamine groups is 2. The van der Waals surface area contributed by atoms with Crippen LogP contribution >= 0.6 is 11.6 Å². The van der Waals surface area contributed by atoms with Crippen LogP contribution in [0.4, 0.5) is 4.39 Å². The highest BCUT2D eigenvalue weighted by atomic mass is 35.5. The second kappa shape index (κ2) is 7.70. The second-order valence-corrected chi connectivity index (χ2v) is 7.74. The number of phenols is 2. The van der Waals surface area contributed by atoms with Gasteiger partial charge in [0.15, 0.2) is 17.2 Å². The molecule has 1 saturated heterocycles. The Morgan fingerprint density at radius 2 is 1.90 bits per heavy atom. The summed E-state index contributed by atoms with van der Waals surface area (Å²) in [4.78, 5) is 22.5. The van der Waals surface area contributed by atoms with Crippen molar-refractivity contribution in [2.45, 2.75) is 13.1 Å². The summed E-state index contributed by atoms with van der Waals surface area (Å²) in [5.41, 5.74) is 1.20. The number of fused-ring (bicyclic) bond motifs is 1. The number of piperazine rings is 1. The molecule has 1 fully saturated rings. The fourth-order valence-electron chi connectivity index (χ4n) is 3.57. The van der Waals surface area contributed by atoms with Gasteiger partial charge >= 0.3 is 0 Å². The smallest absolute Gasteiger partial charge is 0.258 e. The largest absolute Gasteiger partial charge is 0.504 e. The molecule has 2 N–H and O–H groups in total. The van der Waals surface area contributed by atoms with Gasteiger partial charge in [0.25, 0.3) is 5.91 Å².